The van der Waals surface area contributed by atoms with E-state index < -0.39 is 22.8 Å². The van der Waals surface area contributed by atoms with E-state index >= 15 is 0 Å². The molecule has 1 atom stereocenters. The highest BCUT2D eigenvalue weighted by molar-refractivity contribution is 6.32. The molecule has 1 N–H and O–H groups in total. The molecule has 0 aliphatic heterocycles. The average Bonchev–Trinajstić information content (AvgIpc) is 2.38. The molecule has 9 heteroatoms. The first-order valence-corrected chi connectivity index (χ1v) is 6.02. The monoisotopic (exact) mass is 301 g/mol. The lowest BCUT2D eigenvalue weighted by atomic mass is 10.2. The van der Waals surface area contributed by atoms with Gasteiger partial charge in [-0.15, -0.1) is 0 Å². The molecule has 20 heavy (non-hydrogen) atoms. The van der Waals surface area contributed by atoms with E-state index in [1.807, 2.05) is 0 Å². The zero-order chi connectivity index (χ0) is 15.3. The summed E-state index contributed by atoms with van der Waals surface area (Å²) in [6.07, 6.45) is 0.938. The highest BCUT2D eigenvalue weighted by atomic mass is 35.5. The van der Waals surface area contributed by atoms with Crippen LogP contribution in [0.1, 0.15) is 24.2 Å². The third-order valence-corrected chi connectivity index (χ3v) is 2.57. The molecular weight excluding hydrogens is 290 g/mol. The molecule has 0 spiro atoms. The van der Waals surface area contributed by atoms with Crippen molar-refractivity contribution in [1.29, 1.82) is 0 Å². The fourth-order valence-corrected chi connectivity index (χ4v) is 1.49. The van der Waals surface area contributed by atoms with E-state index in [-0.39, 0.29) is 23.0 Å². The van der Waals surface area contributed by atoms with Gasteiger partial charge in [0.25, 0.3) is 11.6 Å². The van der Waals surface area contributed by atoms with Crippen molar-refractivity contribution in [3.63, 3.8) is 0 Å². The smallest absolute Gasteiger partial charge is 0.328 e. The first kappa shape index (κ1) is 15.8. The quantitative estimate of drug-likeness (QED) is 0.380. The Morgan fingerprint density at radius 1 is 1.60 bits per heavy atom. The van der Waals surface area contributed by atoms with E-state index in [4.69, 9.17) is 16.3 Å². The minimum absolute atomic E-state index is 0.179. The third-order valence-electron chi connectivity index (χ3n) is 2.27. The van der Waals surface area contributed by atoms with Crippen LogP contribution in [0.25, 0.3) is 0 Å². The van der Waals surface area contributed by atoms with Crippen LogP contribution in [0.15, 0.2) is 12.3 Å². The van der Waals surface area contributed by atoms with Gasteiger partial charge in [0.15, 0.2) is 0 Å². The predicted octanol–water partition coefficient (Wildman–Crippen LogP) is 1.32. The molecule has 0 aliphatic carbocycles. The second-order valence-corrected chi connectivity index (χ2v) is 4.09. The lowest BCUT2D eigenvalue weighted by Crippen LogP contribution is -2.39. The van der Waals surface area contributed by atoms with Crippen LogP contribution in [0.3, 0.4) is 0 Å². The molecule has 1 rings (SSSR count). The highest BCUT2D eigenvalue weighted by Crippen LogP contribution is 2.19. The molecule has 8 nitrogen and oxygen atoms in total. The molecule has 1 unspecified atom stereocenters. The first-order valence-electron chi connectivity index (χ1n) is 5.64. The van der Waals surface area contributed by atoms with Gasteiger partial charge in [0.05, 0.1) is 17.1 Å². The van der Waals surface area contributed by atoms with Gasteiger partial charge in [-0.25, -0.2) is 9.78 Å². The Labute approximate surface area is 119 Å². The number of ether oxygens (including phenoxy) is 1. The summed E-state index contributed by atoms with van der Waals surface area (Å²) < 4.78 is 4.72. The van der Waals surface area contributed by atoms with Gasteiger partial charge in [0.1, 0.15) is 17.4 Å². The van der Waals surface area contributed by atoms with Crippen molar-refractivity contribution in [2.24, 2.45) is 0 Å². The number of halogens is 1. The van der Waals surface area contributed by atoms with Gasteiger partial charge in [0.2, 0.25) is 0 Å². The number of amides is 1. The van der Waals surface area contributed by atoms with Gasteiger partial charge in [-0.2, -0.15) is 0 Å². The summed E-state index contributed by atoms with van der Waals surface area (Å²) in [6, 6.07) is 0.0838. The van der Waals surface area contributed by atoms with Crippen LogP contribution in [0.2, 0.25) is 5.15 Å². The van der Waals surface area contributed by atoms with Crippen molar-refractivity contribution in [3.8, 4) is 0 Å². The zero-order valence-electron chi connectivity index (χ0n) is 10.8. The molecule has 108 valence electrons. The van der Waals surface area contributed by atoms with E-state index in [0.29, 0.717) is 0 Å². The number of nitro groups is 1. The molecule has 0 saturated heterocycles. The second-order valence-electron chi connectivity index (χ2n) is 3.74. The summed E-state index contributed by atoms with van der Waals surface area (Å²) in [4.78, 5) is 36.7. The summed E-state index contributed by atoms with van der Waals surface area (Å²) in [5.41, 5.74) is -0.555. The largest absolute Gasteiger partial charge is 0.464 e. The summed E-state index contributed by atoms with van der Waals surface area (Å²) in [6.45, 7) is 3.24. The summed E-state index contributed by atoms with van der Waals surface area (Å²) in [7, 11) is 0. The number of carbonyl (C=O) groups is 2. The third kappa shape index (κ3) is 3.89. The molecule has 0 aliphatic rings. The van der Waals surface area contributed by atoms with Gasteiger partial charge >= 0.3 is 5.97 Å². The van der Waals surface area contributed by atoms with Crippen LogP contribution in [0, 0.1) is 10.1 Å². The maximum Gasteiger partial charge on any atom is 0.328 e. The predicted molar refractivity (Wildman–Crippen MR) is 69.5 cm³/mol. The summed E-state index contributed by atoms with van der Waals surface area (Å²) in [5.74, 6) is -1.36. The van der Waals surface area contributed by atoms with Gasteiger partial charge in [-0.3, -0.25) is 14.9 Å². The van der Waals surface area contributed by atoms with Crippen molar-refractivity contribution in [2.75, 3.05) is 6.61 Å². The minimum Gasteiger partial charge on any atom is -0.464 e. The molecular formula is C11H12ClN3O5. The SMILES string of the molecule is CCOC(=O)C(C)NC(=O)c1cc([N+](=O)[O-])cnc1Cl. The molecule has 0 radical (unpaired) electrons. The Kier molecular flexibility index (Phi) is 5.39. The standard InChI is InChI=1S/C11H12ClN3O5/c1-3-20-11(17)6(2)14-10(16)8-4-7(15(18)19)5-13-9(8)12/h4-6H,3H2,1-2H3,(H,14,16). The molecule has 1 aromatic heterocycles. The first-order chi connectivity index (χ1) is 9.36. The van der Waals surface area contributed by atoms with Crippen molar-refractivity contribution in [2.45, 2.75) is 19.9 Å². The van der Waals surface area contributed by atoms with Crippen LogP contribution in [0.5, 0.6) is 0 Å². The summed E-state index contributed by atoms with van der Waals surface area (Å²) in [5, 5.41) is 12.8. The number of aromatic nitrogens is 1. The topological polar surface area (TPSA) is 111 Å². The van der Waals surface area contributed by atoms with E-state index in [0.717, 1.165) is 12.3 Å². The number of hydrogen-bond donors (Lipinski definition) is 1. The molecule has 0 bridgehead atoms. The van der Waals surface area contributed by atoms with Crippen molar-refractivity contribution >= 4 is 29.2 Å². The van der Waals surface area contributed by atoms with Gasteiger partial charge in [-0.1, -0.05) is 11.6 Å². The molecule has 1 heterocycles. The lowest BCUT2D eigenvalue weighted by Gasteiger charge is -2.12. The van der Waals surface area contributed by atoms with Crippen molar-refractivity contribution in [3.05, 3.63) is 33.1 Å². The number of hydrogen-bond acceptors (Lipinski definition) is 6. The number of nitrogens with one attached hydrogen (secondary N) is 1. The molecule has 0 saturated carbocycles. The maximum absolute atomic E-state index is 11.9. The molecule has 0 fully saturated rings. The van der Waals surface area contributed by atoms with E-state index in [1.54, 1.807) is 6.92 Å². The van der Waals surface area contributed by atoms with Crippen LogP contribution in [-0.4, -0.2) is 34.4 Å². The normalized spacial score (nSPS) is 11.6. The minimum atomic E-state index is -0.905. The van der Waals surface area contributed by atoms with Crippen molar-refractivity contribution < 1.29 is 19.2 Å². The Balaban J connectivity index is 2.89. The Morgan fingerprint density at radius 2 is 2.25 bits per heavy atom. The molecule has 1 amide bonds. The number of nitrogens with zero attached hydrogens (tertiary/aromatic N) is 2. The van der Waals surface area contributed by atoms with Crippen LogP contribution >= 0.6 is 11.6 Å². The summed E-state index contributed by atoms with van der Waals surface area (Å²) >= 11 is 5.71. The van der Waals surface area contributed by atoms with Gasteiger partial charge in [-0.05, 0) is 13.8 Å². The zero-order valence-corrected chi connectivity index (χ0v) is 11.5. The number of esters is 1. The van der Waals surface area contributed by atoms with Crippen LogP contribution < -0.4 is 5.32 Å². The number of carbonyl (C=O) groups excluding carboxylic acids is 2. The lowest BCUT2D eigenvalue weighted by molar-refractivity contribution is -0.385. The van der Waals surface area contributed by atoms with Crippen LogP contribution in [0.4, 0.5) is 5.69 Å². The number of rotatable bonds is 5. The maximum atomic E-state index is 11.9. The van der Waals surface area contributed by atoms with E-state index in [9.17, 15) is 19.7 Å². The Bertz CT molecular complexity index is 549. The fourth-order valence-electron chi connectivity index (χ4n) is 1.30. The van der Waals surface area contributed by atoms with E-state index in [2.05, 4.69) is 10.3 Å². The fraction of sp³-hybridized carbons (Fsp3) is 0.364. The Morgan fingerprint density at radius 3 is 2.80 bits per heavy atom. The Hall–Kier alpha value is -2.22. The average molecular weight is 302 g/mol. The molecule has 1 aromatic rings. The highest BCUT2D eigenvalue weighted by Gasteiger charge is 2.21. The second kappa shape index (κ2) is 6.80. The van der Waals surface area contributed by atoms with Gasteiger partial charge < -0.3 is 10.1 Å². The molecule has 0 aromatic carbocycles. The van der Waals surface area contributed by atoms with Crippen molar-refractivity contribution in [1.82, 2.24) is 10.3 Å². The van der Waals surface area contributed by atoms with Gasteiger partial charge in [0, 0.05) is 6.07 Å². The van der Waals surface area contributed by atoms with Crippen LogP contribution in [-0.2, 0) is 9.53 Å². The number of pyridine rings is 1. The van der Waals surface area contributed by atoms with E-state index in [1.165, 1.54) is 6.92 Å².